The number of anilines is 1. The zero-order valence-corrected chi connectivity index (χ0v) is 13.8. The zero-order chi connectivity index (χ0) is 15.8. The second kappa shape index (κ2) is 5.93. The normalized spacial score (nSPS) is 18.5. The van der Waals surface area contributed by atoms with Gasteiger partial charge in [-0.2, -0.15) is 0 Å². The molecule has 3 nitrogen and oxygen atoms in total. The number of halogens is 1. The Balaban J connectivity index is 2.30. The maximum atomic E-state index is 13.8. The summed E-state index contributed by atoms with van der Waals surface area (Å²) in [6, 6.07) is 3.31. The van der Waals surface area contributed by atoms with Crippen molar-refractivity contribution in [2.45, 2.75) is 44.8 Å². The van der Waals surface area contributed by atoms with Crippen LogP contribution >= 0.6 is 0 Å². The standard InChI is InChI=1S/C17H27FN2O/c1-12-9-16(14(13(2)21)10-15(12)18)20(5)11-17(19(3)4)7-6-8-17/h9-10,13,21H,6-8,11H2,1-5H3/t13-/m0/s1. The molecular weight excluding hydrogens is 267 g/mol. The smallest absolute Gasteiger partial charge is 0.126 e. The van der Waals surface area contributed by atoms with E-state index in [1.807, 2.05) is 13.1 Å². The lowest BCUT2D eigenvalue weighted by molar-refractivity contribution is 0.0682. The average molecular weight is 294 g/mol. The van der Waals surface area contributed by atoms with Crippen LogP contribution < -0.4 is 4.90 Å². The highest BCUT2D eigenvalue weighted by Crippen LogP contribution is 2.38. The molecule has 1 atom stereocenters. The number of aryl methyl sites for hydroxylation is 1. The van der Waals surface area contributed by atoms with Crippen LogP contribution in [0.1, 0.15) is 43.4 Å². The highest BCUT2D eigenvalue weighted by atomic mass is 19.1. The van der Waals surface area contributed by atoms with Gasteiger partial charge in [0, 0.05) is 30.4 Å². The number of hydrogen-bond acceptors (Lipinski definition) is 3. The Morgan fingerprint density at radius 3 is 2.33 bits per heavy atom. The van der Waals surface area contributed by atoms with E-state index in [0.29, 0.717) is 11.1 Å². The minimum Gasteiger partial charge on any atom is -0.389 e. The highest BCUT2D eigenvalue weighted by molar-refractivity contribution is 5.56. The van der Waals surface area contributed by atoms with Crippen LogP contribution in [0, 0.1) is 12.7 Å². The van der Waals surface area contributed by atoms with Gasteiger partial charge < -0.3 is 14.9 Å². The Bertz CT molecular complexity index is 510. The van der Waals surface area contributed by atoms with Gasteiger partial charge in [0.05, 0.1) is 6.10 Å². The summed E-state index contributed by atoms with van der Waals surface area (Å²) in [4.78, 5) is 4.46. The molecule has 1 fully saturated rings. The summed E-state index contributed by atoms with van der Waals surface area (Å²) in [5.74, 6) is -0.256. The van der Waals surface area contributed by atoms with Crippen LogP contribution in [-0.2, 0) is 0 Å². The molecule has 1 aliphatic carbocycles. The van der Waals surface area contributed by atoms with E-state index in [4.69, 9.17) is 0 Å². The molecule has 0 saturated heterocycles. The highest BCUT2D eigenvalue weighted by Gasteiger charge is 2.40. The molecule has 0 aliphatic heterocycles. The molecule has 1 N–H and O–H groups in total. The third-order valence-electron chi connectivity index (χ3n) is 4.93. The SMILES string of the molecule is Cc1cc(N(C)CC2(N(C)C)CCC2)c([C@H](C)O)cc1F. The Hall–Kier alpha value is -1.13. The maximum absolute atomic E-state index is 13.8. The molecule has 0 aromatic heterocycles. The van der Waals surface area contributed by atoms with Crippen molar-refractivity contribution in [1.82, 2.24) is 4.90 Å². The van der Waals surface area contributed by atoms with Crippen molar-refractivity contribution in [3.8, 4) is 0 Å². The van der Waals surface area contributed by atoms with Crippen LogP contribution in [0.25, 0.3) is 0 Å². The molecule has 1 saturated carbocycles. The van der Waals surface area contributed by atoms with Gasteiger partial charge in [0.1, 0.15) is 5.82 Å². The first-order valence-electron chi connectivity index (χ1n) is 7.63. The first-order chi connectivity index (χ1) is 9.77. The van der Waals surface area contributed by atoms with Crippen molar-refractivity contribution < 1.29 is 9.50 Å². The number of rotatable bonds is 5. The number of likely N-dealkylation sites (N-methyl/N-ethyl adjacent to an activating group) is 2. The van der Waals surface area contributed by atoms with E-state index in [9.17, 15) is 9.50 Å². The lowest BCUT2D eigenvalue weighted by Crippen LogP contribution is -2.56. The molecular formula is C17H27FN2O. The topological polar surface area (TPSA) is 26.7 Å². The summed E-state index contributed by atoms with van der Waals surface area (Å²) in [5, 5.41) is 9.94. The van der Waals surface area contributed by atoms with Crippen LogP contribution in [0.2, 0.25) is 0 Å². The molecule has 4 heteroatoms. The maximum Gasteiger partial charge on any atom is 0.126 e. The van der Waals surface area contributed by atoms with Gasteiger partial charge in [-0.25, -0.2) is 4.39 Å². The first kappa shape index (κ1) is 16.2. The molecule has 1 aliphatic rings. The van der Waals surface area contributed by atoms with Crippen molar-refractivity contribution in [3.05, 3.63) is 29.1 Å². The summed E-state index contributed by atoms with van der Waals surface area (Å²) >= 11 is 0. The molecule has 0 spiro atoms. The van der Waals surface area contributed by atoms with Gasteiger partial charge >= 0.3 is 0 Å². The van der Waals surface area contributed by atoms with Gasteiger partial charge in [0.25, 0.3) is 0 Å². The molecule has 1 aromatic carbocycles. The van der Waals surface area contributed by atoms with Gasteiger partial charge in [-0.15, -0.1) is 0 Å². The van der Waals surface area contributed by atoms with Crippen molar-refractivity contribution in [2.24, 2.45) is 0 Å². The summed E-state index contributed by atoms with van der Waals surface area (Å²) in [6.07, 6.45) is 2.97. The fourth-order valence-electron chi connectivity index (χ4n) is 3.21. The quantitative estimate of drug-likeness (QED) is 0.904. The molecule has 118 valence electrons. The van der Waals surface area contributed by atoms with Gasteiger partial charge in [-0.1, -0.05) is 0 Å². The largest absolute Gasteiger partial charge is 0.389 e. The average Bonchev–Trinajstić information content (AvgIpc) is 2.35. The Labute approximate surface area is 127 Å². The summed E-state index contributed by atoms with van der Waals surface area (Å²) in [5.41, 5.74) is 2.41. The van der Waals surface area contributed by atoms with Crippen LogP contribution in [0.3, 0.4) is 0 Å². The van der Waals surface area contributed by atoms with Gasteiger partial charge in [0.2, 0.25) is 0 Å². The van der Waals surface area contributed by atoms with E-state index in [1.54, 1.807) is 13.8 Å². The van der Waals surface area contributed by atoms with E-state index in [2.05, 4.69) is 23.9 Å². The number of aliphatic hydroxyl groups excluding tert-OH is 1. The fraction of sp³-hybridized carbons (Fsp3) is 0.647. The monoisotopic (exact) mass is 294 g/mol. The lowest BCUT2D eigenvalue weighted by atomic mass is 9.75. The van der Waals surface area contributed by atoms with Gasteiger partial charge in [0.15, 0.2) is 0 Å². The van der Waals surface area contributed by atoms with E-state index >= 15 is 0 Å². The van der Waals surface area contributed by atoms with E-state index in [0.717, 1.165) is 12.2 Å². The lowest BCUT2D eigenvalue weighted by Gasteiger charge is -2.49. The van der Waals surface area contributed by atoms with Gasteiger partial charge in [-0.3, -0.25) is 0 Å². The molecule has 1 aromatic rings. The predicted molar refractivity (Wildman–Crippen MR) is 85.3 cm³/mol. The van der Waals surface area contributed by atoms with E-state index < -0.39 is 6.10 Å². The molecule has 21 heavy (non-hydrogen) atoms. The van der Waals surface area contributed by atoms with E-state index in [1.165, 1.54) is 25.3 Å². The minimum absolute atomic E-state index is 0.201. The Morgan fingerprint density at radius 2 is 1.90 bits per heavy atom. The van der Waals surface area contributed by atoms with E-state index in [-0.39, 0.29) is 11.4 Å². The molecule has 0 bridgehead atoms. The van der Waals surface area contributed by atoms with Crippen LogP contribution in [-0.4, -0.2) is 43.2 Å². The molecule has 0 heterocycles. The third kappa shape index (κ3) is 3.06. The number of hydrogen-bond donors (Lipinski definition) is 1. The summed E-state index contributed by atoms with van der Waals surface area (Å²) in [7, 11) is 6.28. The summed E-state index contributed by atoms with van der Waals surface area (Å²) < 4.78 is 13.8. The third-order valence-corrected chi connectivity index (χ3v) is 4.93. The second-order valence-electron chi connectivity index (χ2n) is 6.66. The van der Waals surface area contributed by atoms with Crippen molar-refractivity contribution >= 4 is 5.69 Å². The van der Waals surface area contributed by atoms with Crippen molar-refractivity contribution in [1.29, 1.82) is 0 Å². The number of nitrogens with zero attached hydrogens (tertiary/aromatic N) is 2. The summed E-state index contributed by atoms with van der Waals surface area (Å²) in [6.45, 7) is 4.35. The Kier molecular flexibility index (Phi) is 4.59. The molecule has 0 radical (unpaired) electrons. The van der Waals surface area contributed by atoms with Crippen LogP contribution in [0.15, 0.2) is 12.1 Å². The van der Waals surface area contributed by atoms with Crippen LogP contribution in [0.4, 0.5) is 10.1 Å². The number of benzene rings is 1. The predicted octanol–water partition coefficient (Wildman–Crippen LogP) is 3.11. The van der Waals surface area contributed by atoms with Gasteiger partial charge in [-0.05, 0) is 64.9 Å². The Morgan fingerprint density at radius 1 is 1.29 bits per heavy atom. The molecule has 0 unspecified atom stereocenters. The minimum atomic E-state index is -0.672. The second-order valence-corrected chi connectivity index (χ2v) is 6.66. The molecule has 2 rings (SSSR count). The van der Waals surface area contributed by atoms with Crippen molar-refractivity contribution in [3.63, 3.8) is 0 Å². The molecule has 0 amide bonds. The number of aliphatic hydroxyl groups is 1. The van der Waals surface area contributed by atoms with Crippen LogP contribution in [0.5, 0.6) is 0 Å². The fourth-order valence-corrected chi connectivity index (χ4v) is 3.21. The first-order valence-corrected chi connectivity index (χ1v) is 7.63. The zero-order valence-electron chi connectivity index (χ0n) is 13.8. The van der Waals surface area contributed by atoms with Crippen molar-refractivity contribution in [2.75, 3.05) is 32.6 Å².